The van der Waals surface area contributed by atoms with Crippen LogP contribution in [0, 0.1) is 0 Å². The third-order valence-electron chi connectivity index (χ3n) is 6.22. The van der Waals surface area contributed by atoms with Crippen molar-refractivity contribution < 1.29 is 0 Å². The third kappa shape index (κ3) is 4.40. The maximum absolute atomic E-state index is 6.61. The molecule has 0 spiro atoms. The van der Waals surface area contributed by atoms with Crippen LogP contribution >= 0.6 is 22.9 Å². The lowest BCUT2D eigenvalue weighted by atomic mass is 9.91. The largest absolute Gasteiger partial charge is 0.362 e. The molecule has 0 radical (unpaired) electrons. The number of rotatable bonds is 6. The number of halogens is 1. The SMILES string of the molecule is CN(C)c1nc(NC2CCC(NCc3sc4ccccc4c3Cl)CC2)nc2ccccc12. The molecule has 1 fully saturated rings. The van der Waals surface area contributed by atoms with Crippen LogP contribution in [0.15, 0.2) is 48.5 Å². The van der Waals surface area contributed by atoms with E-state index in [0.29, 0.717) is 12.1 Å². The summed E-state index contributed by atoms with van der Waals surface area (Å²) in [6.45, 7) is 0.834. The van der Waals surface area contributed by atoms with E-state index in [9.17, 15) is 0 Å². The maximum atomic E-state index is 6.61. The molecule has 0 aliphatic heterocycles. The van der Waals surface area contributed by atoms with Crippen LogP contribution in [-0.2, 0) is 6.54 Å². The van der Waals surface area contributed by atoms with Crippen molar-refractivity contribution >= 4 is 55.7 Å². The number of fused-ring (bicyclic) bond motifs is 2. The Balaban J connectivity index is 1.19. The van der Waals surface area contributed by atoms with Crippen LogP contribution in [0.1, 0.15) is 30.6 Å². The van der Waals surface area contributed by atoms with Crippen molar-refractivity contribution in [2.24, 2.45) is 0 Å². The Hall–Kier alpha value is -2.41. The molecular formula is C25H28ClN5S. The van der Waals surface area contributed by atoms with E-state index in [1.54, 1.807) is 11.3 Å². The highest BCUT2D eigenvalue weighted by atomic mass is 35.5. The molecule has 5 rings (SSSR count). The predicted octanol–water partition coefficient (Wildman–Crippen LogP) is 6.08. The number of para-hydroxylation sites is 1. The Kier molecular flexibility index (Phi) is 6.17. The lowest BCUT2D eigenvalue weighted by Gasteiger charge is -2.30. The monoisotopic (exact) mass is 465 g/mol. The molecule has 1 aliphatic carbocycles. The Bertz CT molecular complexity index is 1230. The summed E-state index contributed by atoms with van der Waals surface area (Å²) in [6.07, 6.45) is 4.47. The van der Waals surface area contributed by atoms with Gasteiger partial charge in [-0.3, -0.25) is 0 Å². The first-order valence-electron chi connectivity index (χ1n) is 11.2. The van der Waals surface area contributed by atoms with Gasteiger partial charge in [0, 0.05) is 53.1 Å². The van der Waals surface area contributed by atoms with Gasteiger partial charge in [-0.15, -0.1) is 11.3 Å². The van der Waals surface area contributed by atoms with Gasteiger partial charge in [0.05, 0.1) is 10.5 Å². The normalized spacial score (nSPS) is 18.8. The molecule has 1 saturated carbocycles. The standard InChI is InChI=1S/C25H28ClN5S/c1-31(2)24-18-7-3-5-9-20(18)29-25(30-24)28-17-13-11-16(12-14-17)27-15-22-23(26)19-8-4-6-10-21(19)32-22/h3-10,16-17,27H,11-15H2,1-2H3,(H,28,29,30). The molecule has 0 atom stereocenters. The van der Waals surface area contributed by atoms with Gasteiger partial charge >= 0.3 is 0 Å². The first-order chi connectivity index (χ1) is 15.6. The molecular weight excluding hydrogens is 438 g/mol. The smallest absolute Gasteiger partial charge is 0.225 e. The van der Waals surface area contributed by atoms with Crippen LogP contribution < -0.4 is 15.5 Å². The number of hydrogen-bond donors (Lipinski definition) is 2. The topological polar surface area (TPSA) is 53.1 Å². The van der Waals surface area contributed by atoms with E-state index in [-0.39, 0.29) is 0 Å². The van der Waals surface area contributed by atoms with Crippen LogP contribution in [0.2, 0.25) is 5.02 Å². The van der Waals surface area contributed by atoms with Crippen molar-refractivity contribution in [1.29, 1.82) is 0 Å². The van der Waals surface area contributed by atoms with Crippen LogP contribution in [0.25, 0.3) is 21.0 Å². The summed E-state index contributed by atoms with van der Waals surface area (Å²) >= 11 is 8.40. The van der Waals surface area contributed by atoms with E-state index in [1.807, 2.05) is 32.3 Å². The van der Waals surface area contributed by atoms with Crippen molar-refractivity contribution in [2.45, 2.75) is 44.3 Å². The Labute approximate surface area is 197 Å². The van der Waals surface area contributed by atoms with E-state index in [1.165, 1.54) is 9.58 Å². The van der Waals surface area contributed by atoms with Crippen molar-refractivity contribution in [3.8, 4) is 0 Å². The summed E-state index contributed by atoms with van der Waals surface area (Å²) in [6, 6.07) is 17.5. The molecule has 4 aromatic rings. The summed E-state index contributed by atoms with van der Waals surface area (Å²) in [7, 11) is 4.05. The third-order valence-corrected chi connectivity index (χ3v) is 7.93. The minimum atomic E-state index is 0.400. The van der Waals surface area contributed by atoms with E-state index < -0.39 is 0 Å². The van der Waals surface area contributed by atoms with Gasteiger partial charge in [0.25, 0.3) is 0 Å². The highest BCUT2D eigenvalue weighted by molar-refractivity contribution is 7.19. The average Bonchev–Trinajstić information content (AvgIpc) is 3.13. The number of anilines is 2. The Morgan fingerprint density at radius 1 is 0.938 bits per heavy atom. The molecule has 2 heterocycles. The van der Waals surface area contributed by atoms with Gasteiger partial charge < -0.3 is 15.5 Å². The van der Waals surface area contributed by atoms with E-state index in [2.05, 4.69) is 45.9 Å². The molecule has 0 bridgehead atoms. The summed E-state index contributed by atoms with van der Waals surface area (Å²) in [5.74, 6) is 1.68. The van der Waals surface area contributed by atoms with Crippen LogP contribution in [-0.4, -0.2) is 36.1 Å². The first-order valence-corrected chi connectivity index (χ1v) is 12.4. The fourth-order valence-corrected chi connectivity index (χ4v) is 5.96. The number of hydrogen-bond acceptors (Lipinski definition) is 6. The zero-order valence-corrected chi connectivity index (χ0v) is 20.0. The van der Waals surface area contributed by atoms with Gasteiger partial charge in [-0.2, -0.15) is 4.98 Å². The minimum Gasteiger partial charge on any atom is -0.362 e. The predicted molar refractivity (Wildman–Crippen MR) is 137 cm³/mol. The van der Waals surface area contributed by atoms with Crippen LogP contribution in [0.4, 0.5) is 11.8 Å². The zero-order chi connectivity index (χ0) is 22.1. The second-order valence-electron chi connectivity index (χ2n) is 8.69. The summed E-state index contributed by atoms with van der Waals surface area (Å²) in [5, 5.41) is 10.5. The summed E-state index contributed by atoms with van der Waals surface area (Å²) in [4.78, 5) is 12.8. The van der Waals surface area contributed by atoms with Gasteiger partial charge in [0.2, 0.25) is 5.95 Å². The molecule has 0 saturated heterocycles. The zero-order valence-electron chi connectivity index (χ0n) is 18.4. The first kappa shape index (κ1) is 21.4. The van der Waals surface area contributed by atoms with Crippen molar-refractivity contribution in [3.05, 3.63) is 58.4 Å². The molecule has 0 amide bonds. The Morgan fingerprint density at radius 3 is 2.38 bits per heavy atom. The van der Waals surface area contributed by atoms with E-state index in [0.717, 1.165) is 65.3 Å². The number of nitrogens with one attached hydrogen (secondary N) is 2. The molecule has 2 aromatic heterocycles. The summed E-state index contributed by atoms with van der Waals surface area (Å²) < 4.78 is 1.26. The average molecular weight is 466 g/mol. The Morgan fingerprint density at radius 2 is 1.62 bits per heavy atom. The molecule has 2 aromatic carbocycles. The fourth-order valence-electron chi connectivity index (χ4n) is 4.51. The van der Waals surface area contributed by atoms with Gasteiger partial charge in [-0.05, 0) is 43.9 Å². The molecule has 5 nitrogen and oxygen atoms in total. The second-order valence-corrected chi connectivity index (χ2v) is 10.2. The molecule has 1 aliphatic rings. The van der Waals surface area contributed by atoms with Gasteiger partial charge in [-0.25, -0.2) is 4.98 Å². The molecule has 32 heavy (non-hydrogen) atoms. The number of aromatic nitrogens is 2. The van der Waals surface area contributed by atoms with Gasteiger partial charge in [0.15, 0.2) is 0 Å². The van der Waals surface area contributed by atoms with Crippen molar-refractivity contribution in [2.75, 3.05) is 24.3 Å². The van der Waals surface area contributed by atoms with E-state index >= 15 is 0 Å². The minimum absolute atomic E-state index is 0.400. The second kappa shape index (κ2) is 9.22. The number of thiophene rings is 1. The quantitative estimate of drug-likeness (QED) is 0.361. The fraction of sp³-hybridized carbons (Fsp3) is 0.360. The van der Waals surface area contributed by atoms with Crippen molar-refractivity contribution in [1.82, 2.24) is 15.3 Å². The lowest BCUT2D eigenvalue weighted by molar-refractivity contribution is 0.353. The highest BCUT2D eigenvalue weighted by Crippen LogP contribution is 2.35. The van der Waals surface area contributed by atoms with Crippen LogP contribution in [0.3, 0.4) is 0 Å². The molecule has 7 heteroatoms. The summed E-state index contributed by atoms with van der Waals surface area (Å²) in [5.41, 5.74) is 0.976. The maximum Gasteiger partial charge on any atom is 0.225 e. The number of benzene rings is 2. The molecule has 166 valence electrons. The molecule has 0 unspecified atom stereocenters. The lowest BCUT2D eigenvalue weighted by Crippen LogP contribution is -2.36. The van der Waals surface area contributed by atoms with Crippen molar-refractivity contribution in [3.63, 3.8) is 0 Å². The van der Waals surface area contributed by atoms with Gasteiger partial charge in [-0.1, -0.05) is 41.9 Å². The van der Waals surface area contributed by atoms with E-state index in [4.69, 9.17) is 21.6 Å². The van der Waals surface area contributed by atoms with Gasteiger partial charge in [0.1, 0.15) is 5.82 Å². The highest BCUT2D eigenvalue weighted by Gasteiger charge is 2.22. The number of nitrogens with zero attached hydrogens (tertiary/aromatic N) is 3. The molecule has 2 N–H and O–H groups in total. The van der Waals surface area contributed by atoms with Crippen LogP contribution in [0.5, 0.6) is 0 Å².